The minimum absolute atomic E-state index is 0.0150. The van der Waals surface area contributed by atoms with Crippen LogP contribution in [0.5, 0.6) is 0 Å². The SMILES string of the molecule is Cc1cnc(CC(C)(C)C(=O)O)c(C)c1[N+](=O)[O-]. The average Bonchev–Trinajstić information content (AvgIpc) is 2.21. The van der Waals surface area contributed by atoms with Crippen LogP contribution in [0.2, 0.25) is 0 Å². The molecule has 0 atom stereocenters. The van der Waals surface area contributed by atoms with E-state index >= 15 is 0 Å². The zero-order valence-electron chi connectivity index (χ0n) is 10.9. The van der Waals surface area contributed by atoms with Crippen molar-refractivity contribution < 1.29 is 14.8 Å². The number of aliphatic carboxylic acids is 1. The van der Waals surface area contributed by atoms with E-state index in [1.807, 2.05) is 0 Å². The van der Waals surface area contributed by atoms with Crippen molar-refractivity contribution in [3.8, 4) is 0 Å². The Hall–Kier alpha value is -1.98. The Labute approximate surface area is 105 Å². The molecule has 0 saturated heterocycles. The molecule has 1 N–H and O–H groups in total. The van der Waals surface area contributed by atoms with Crippen LogP contribution in [-0.4, -0.2) is 21.0 Å². The van der Waals surface area contributed by atoms with Crippen LogP contribution >= 0.6 is 0 Å². The number of aryl methyl sites for hydroxylation is 1. The van der Waals surface area contributed by atoms with Gasteiger partial charge in [0.2, 0.25) is 0 Å². The number of rotatable bonds is 4. The first-order chi connectivity index (χ1) is 8.16. The molecule has 0 spiro atoms. The van der Waals surface area contributed by atoms with Crippen LogP contribution in [-0.2, 0) is 11.2 Å². The molecular weight excluding hydrogens is 236 g/mol. The van der Waals surface area contributed by atoms with Gasteiger partial charge in [0.05, 0.1) is 16.0 Å². The van der Waals surface area contributed by atoms with Crippen molar-refractivity contribution in [3.63, 3.8) is 0 Å². The summed E-state index contributed by atoms with van der Waals surface area (Å²) in [6.07, 6.45) is 1.58. The van der Waals surface area contributed by atoms with Gasteiger partial charge < -0.3 is 5.11 Å². The summed E-state index contributed by atoms with van der Waals surface area (Å²) in [7, 11) is 0. The first-order valence-corrected chi connectivity index (χ1v) is 5.49. The highest BCUT2D eigenvalue weighted by Gasteiger charge is 2.30. The van der Waals surface area contributed by atoms with Gasteiger partial charge >= 0.3 is 5.97 Å². The molecule has 6 heteroatoms. The van der Waals surface area contributed by atoms with E-state index in [-0.39, 0.29) is 12.1 Å². The van der Waals surface area contributed by atoms with E-state index in [4.69, 9.17) is 5.11 Å². The van der Waals surface area contributed by atoms with Gasteiger partial charge in [-0.25, -0.2) is 0 Å². The molecule has 1 heterocycles. The fraction of sp³-hybridized carbons (Fsp3) is 0.500. The van der Waals surface area contributed by atoms with Crippen LogP contribution < -0.4 is 0 Å². The lowest BCUT2D eigenvalue weighted by Crippen LogP contribution is -2.27. The molecule has 1 aromatic heterocycles. The molecule has 18 heavy (non-hydrogen) atoms. The summed E-state index contributed by atoms with van der Waals surface area (Å²) >= 11 is 0. The fourth-order valence-corrected chi connectivity index (χ4v) is 1.72. The lowest BCUT2D eigenvalue weighted by Gasteiger charge is -2.19. The number of carboxylic acids is 1. The lowest BCUT2D eigenvalue weighted by molar-refractivity contribution is -0.386. The number of hydrogen-bond acceptors (Lipinski definition) is 4. The first kappa shape index (κ1) is 14.1. The highest BCUT2D eigenvalue weighted by molar-refractivity contribution is 5.74. The average molecular weight is 252 g/mol. The smallest absolute Gasteiger partial charge is 0.309 e. The number of nitro groups is 1. The molecule has 0 unspecified atom stereocenters. The van der Waals surface area contributed by atoms with Gasteiger partial charge in [-0.15, -0.1) is 0 Å². The van der Waals surface area contributed by atoms with Gasteiger partial charge in [-0.2, -0.15) is 0 Å². The predicted octanol–water partition coefficient (Wildman–Crippen LogP) is 2.26. The van der Waals surface area contributed by atoms with E-state index in [9.17, 15) is 14.9 Å². The number of carbonyl (C=O) groups is 1. The van der Waals surface area contributed by atoms with Gasteiger partial charge in [-0.3, -0.25) is 19.9 Å². The number of pyridine rings is 1. The molecule has 0 radical (unpaired) electrons. The van der Waals surface area contributed by atoms with Crippen LogP contribution in [0.3, 0.4) is 0 Å². The molecule has 0 fully saturated rings. The third-order valence-electron chi connectivity index (χ3n) is 2.95. The maximum atomic E-state index is 11.1. The molecule has 1 aromatic rings. The topological polar surface area (TPSA) is 93.3 Å². The largest absolute Gasteiger partial charge is 0.481 e. The number of carboxylic acid groups (broad SMARTS) is 1. The molecule has 0 aromatic carbocycles. The van der Waals surface area contributed by atoms with Gasteiger partial charge in [-0.05, 0) is 27.7 Å². The Morgan fingerprint density at radius 1 is 1.50 bits per heavy atom. The summed E-state index contributed by atoms with van der Waals surface area (Å²) in [6, 6.07) is 0. The maximum absolute atomic E-state index is 11.1. The third-order valence-corrected chi connectivity index (χ3v) is 2.95. The van der Waals surface area contributed by atoms with E-state index < -0.39 is 16.3 Å². The normalized spacial score (nSPS) is 11.3. The maximum Gasteiger partial charge on any atom is 0.309 e. The van der Waals surface area contributed by atoms with Crippen molar-refractivity contribution in [2.75, 3.05) is 0 Å². The predicted molar refractivity (Wildman–Crippen MR) is 65.5 cm³/mol. The van der Waals surface area contributed by atoms with E-state index in [0.29, 0.717) is 16.8 Å². The highest BCUT2D eigenvalue weighted by Crippen LogP contribution is 2.29. The third kappa shape index (κ3) is 2.64. The lowest BCUT2D eigenvalue weighted by atomic mass is 9.86. The summed E-state index contributed by atoms with van der Waals surface area (Å²) in [5, 5.41) is 20.0. The molecule has 6 nitrogen and oxygen atoms in total. The second-order valence-electron chi connectivity index (χ2n) is 4.98. The van der Waals surface area contributed by atoms with Crippen molar-refractivity contribution in [1.82, 2.24) is 4.98 Å². The van der Waals surface area contributed by atoms with Crippen LogP contribution in [0.25, 0.3) is 0 Å². The molecule has 98 valence electrons. The molecule has 0 aliphatic rings. The Kier molecular flexibility index (Phi) is 3.69. The molecule has 0 saturated carbocycles. The van der Waals surface area contributed by atoms with E-state index in [1.54, 1.807) is 27.7 Å². The molecule has 0 amide bonds. The minimum atomic E-state index is -0.999. The van der Waals surface area contributed by atoms with Gasteiger partial charge in [0.25, 0.3) is 5.69 Å². The first-order valence-electron chi connectivity index (χ1n) is 5.49. The summed E-state index contributed by atoms with van der Waals surface area (Å²) in [4.78, 5) is 25.7. The van der Waals surface area contributed by atoms with Crippen LogP contribution in [0, 0.1) is 29.4 Å². The minimum Gasteiger partial charge on any atom is -0.481 e. The second kappa shape index (κ2) is 4.72. The van der Waals surface area contributed by atoms with Crippen LogP contribution in [0.4, 0.5) is 5.69 Å². The zero-order chi connectivity index (χ0) is 14.1. The van der Waals surface area contributed by atoms with E-state index in [2.05, 4.69) is 4.98 Å². The van der Waals surface area contributed by atoms with E-state index in [1.165, 1.54) is 6.20 Å². The van der Waals surface area contributed by atoms with Gasteiger partial charge in [0.1, 0.15) is 0 Å². The number of hydrogen-bond donors (Lipinski definition) is 1. The van der Waals surface area contributed by atoms with Crippen molar-refractivity contribution in [1.29, 1.82) is 0 Å². The van der Waals surface area contributed by atoms with Gasteiger partial charge in [0, 0.05) is 23.7 Å². The summed E-state index contributed by atoms with van der Waals surface area (Å²) < 4.78 is 0. The quantitative estimate of drug-likeness (QED) is 0.655. The molecule has 1 rings (SSSR count). The molecule has 0 bridgehead atoms. The highest BCUT2D eigenvalue weighted by atomic mass is 16.6. The summed E-state index contributed by atoms with van der Waals surface area (Å²) in [5.41, 5.74) is 0.394. The summed E-state index contributed by atoms with van der Waals surface area (Å²) in [6.45, 7) is 6.36. The second-order valence-corrected chi connectivity index (χ2v) is 4.98. The molecule has 0 aliphatic carbocycles. The number of nitrogens with zero attached hydrogens (tertiary/aromatic N) is 2. The monoisotopic (exact) mass is 252 g/mol. The van der Waals surface area contributed by atoms with Gasteiger partial charge in [-0.1, -0.05) is 0 Å². The Bertz CT molecular complexity index is 509. The number of aromatic nitrogens is 1. The van der Waals surface area contributed by atoms with Crippen molar-refractivity contribution in [2.24, 2.45) is 5.41 Å². The zero-order valence-corrected chi connectivity index (χ0v) is 10.9. The van der Waals surface area contributed by atoms with Crippen molar-refractivity contribution in [2.45, 2.75) is 34.1 Å². The van der Waals surface area contributed by atoms with Crippen molar-refractivity contribution >= 4 is 11.7 Å². The van der Waals surface area contributed by atoms with Crippen molar-refractivity contribution in [3.05, 3.63) is 33.1 Å². The van der Waals surface area contributed by atoms with E-state index in [0.717, 1.165) is 0 Å². The van der Waals surface area contributed by atoms with Gasteiger partial charge in [0.15, 0.2) is 0 Å². The van der Waals surface area contributed by atoms with Crippen LogP contribution in [0.1, 0.15) is 30.7 Å². The molecule has 0 aliphatic heterocycles. The molecular formula is C12H16N2O4. The fourth-order valence-electron chi connectivity index (χ4n) is 1.72. The van der Waals surface area contributed by atoms with Crippen LogP contribution in [0.15, 0.2) is 6.20 Å². The Morgan fingerprint density at radius 2 is 2.06 bits per heavy atom. The summed E-state index contributed by atoms with van der Waals surface area (Å²) in [5.74, 6) is -0.952. The Balaban J connectivity index is 3.25. The Morgan fingerprint density at radius 3 is 2.50 bits per heavy atom. The standard InChI is InChI=1S/C12H16N2O4/c1-7-6-13-9(5-12(3,4)11(15)16)8(2)10(7)14(17)18/h6H,5H2,1-4H3,(H,15,16).